The first-order valence-corrected chi connectivity index (χ1v) is 5.63. The third-order valence-electron chi connectivity index (χ3n) is 2.37. The van der Waals surface area contributed by atoms with E-state index in [2.05, 4.69) is 10.3 Å². The molecule has 2 rings (SSSR count). The molecule has 2 aromatic rings. The maximum atomic E-state index is 5.53. The predicted molar refractivity (Wildman–Crippen MR) is 70.9 cm³/mol. The van der Waals surface area contributed by atoms with Crippen LogP contribution in [0.5, 0.6) is 0 Å². The number of rotatable bonds is 4. The van der Waals surface area contributed by atoms with Crippen LogP contribution in [0, 0.1) is 0 Å². The van der Waals surface area contributed by atoms with Gasteiger partial charge in [0.1, 0.15) is 10.7 Å². The lowest BCUT2D eigenvalue weighted by Crippen LogP contribution is -2.12. The zero-order valence-electron chi connectivity index (χ0n) is 9.38. The van der Waals surface area contributed by atoms with Gasteiger partial charge in [0.2, 0.25) is 0 Å². The van der Waals surface area contributed by atoms with E-state index in [-0.39, 0.29) is 6.04 Å². The first kappa shape index (κ1) is 11.6. The van der Waals surface area contributed by atoms with Crippen molar-refractivity contribution in [2.45, 2.75) is 13.0 Å². The molecule has 0 amide bonds. The zero-order chi connectivity index (χ0) is 12.3. The van der Waals surface area contributed by atoms with Gasteiger partial charge in [-0.3, -0.25) is 4.98 Å². The van der Waals surface area contributed by atoms with Gasteiger partial charge in [0.15, 0.2) is 0 Å². The molecule has 0 spiro atoms. The van der Waals surface area contributed by atoms with Crippen molar-refractivity contribution < 1.29 is 4.42 Å². The van der Waals surface area contributed by atoms with Crippen LogP contribution in [0.1, 0.15) is 24.4 Å². The molecule has 2 heterocycles. The molecule has 0 radical (unpaired) electrons. The summed E-state index contributed by atoms with van der Waals surface area (Å²) >= 11 is 4.88. The second kappa shape index (κ2) is 4.97. The van der Waals surface area contributed by atoms with E-state index in [4.69, 9.17) is 22.4 Å². The lowest BCUT2D eigenvalue weighted by molar-refractivity contribution is 0.490. The van der Waals surface area contributed by atoms with Crippen LogP contribution in [0.3, 0.4) is 0 Å². The predicted octanol–water partition coefficient (Wildman–Crippen LogP) is 2.48. The number of anilines is 1. The highest BCUT2D eigenvalue weighted by Crippen LogP contribution is 2.19. The minimum Gasteiger partial charge on any atom is -0.467 e. The molecule has 0 saturated heterocycles. The third kappa shape index (κ3) is 2.82. The molecule has 0 aliphatic carbocycles. The van der Waals surface area contributed by atoms with E-state index in [9.17, 15) is 0 Å². The van der Waals surface area contributed by atoms with Gasteiger partial charge in [-0.25, -0.2) is 0 Å². The molecule has 88 valence electrons. The lowest BCUT2D eigenvalue weighted by Gasteiger charge is -2.13. The second-order valence-electron chi connectivity index (χ2n) is 3.68. The molecule has 1 unspecified atom stereocenters. The highest BCUT2D eigenvalue weighted by molar-refractivity contribution is 7.80. The monoisotopic (exact) mass is 247 g/mol. The number of thiocarbonyl (C=S) groups is 1. The molecular formula is C12H13N3OS. The Morgan fingerprint density at radius 1 is 1.53 bits per heavy atom. The van der Waals surface area contributed by atoms with Gasteiger partial charge in [-0.1, -0.05) is 12.2 Å². The van der Waals surface area contributed by atoms with Gasteiger partial charge in [0.25, 0.3) is 0 Å². The average Bonchev–Trinajstić information content (AvgIpc) is 2.82. The van der Waals surface area contributed by atoms with Crippen LogP contribution in [-0.2, 0) is 0 Å². The van der Waals surface area contributed by atoms with Crippen LogP contribution in [0.2, 0.25) is 0 Å². The normalized spacial score (nSPS) is 12.1. The number of aromatic nitrogens is 1. The summed E-state index contributed by atoms with van der Waals surface area (Å²) in [6, 6.07) is 7.54. The lowest BCUT2D eigenvalue weighted by atomic mass is 10.2. The SMILES string of the molecule is CC(Nc1ccnc(C(N)=S)c1)c1ccco1. The quantitative estimate of drug-likeness (QED) is 0.813. The summed E-state index contributed by atoms with van der Waals surface area (Å²) in [4.78, 5) is 4.37. The largest absolute Gasteiger partial charge is 0.467 e. The van der Waals surface area contributed by atoms with Gasteiger partial charge < -0.3 is 15.5 Å². The van der Waals surface area contributed by atoms with Crippen molar-refractivity contribution in [2.24, 2.45) is 5.73 Å². The van der Waals surface area contributed by atoms with E-state index in [1.54, 1.807) is 12.5 Å². The molecule has 0 saturated carbocycles. The Morgan fingerprint density at radius 2 is 2.35 bits per heavy atom. The molecule has 0 aliphatic heterocycles. The number of hydrogen-bond acceptors (Lipinski definition) is 4. The Bertz CT molecular complexity index is 510. The Hall–Kier alpha value is -1.88. The Labute approximate surface area is 105 Å². The second-order valence-corrected chi connectivity index (χ2v) is 4.12. The molecule has 4 nitrogen and oxygen atoms in total. The van der Waals surface area contributed by atoms with Crippen LogP contribution in [0.15, 0.2) is 41.1 Å². The molecule has 5 heteroatoms. The molecule has 3 N–H and O–H groups in total. The van der Waals surface area contributed by atoms with Crippen molar-refractivity contribution in [1.82, 2.24) is 4.98 Å². The highest BCUT2D eigenvalue weighted by Gasteiger charge is 2.08. The molecule has 17 heavy (non-hydrogen) atoms. The van der Waals surface area contributed by atoms with Gasteiger partial charge >= 0.3 is 0 Å². The van der Waals surface area contributed by atoms with E-state index in [0.717, 1.165) is 11.4 Å². The third-order valence-corrected chi connectivity index (χ3v) is 2.57. The Balaban J connectivity index is 2.13. The fourth-order valence-corrected chi connectivity index (χ4v) is 1.63. The number of nitrogens with one attached hydrogen (secondary N) is 1. The van der Waals surface area contributed by atoms with Crippen molar-refractivity contribution in [2.75, 3.05) is 5.32 Å². The van der Waals surface area contributed by atoms with Crippen molar-refractivity contribution in [3.8, 4) is 0 Å². The smallest absolute Gasteiger partial charge is 0.125 e. The molecule has 0 aromatic carbocycles. The minimum absolute atomic E-state index is 0.0756. The zero-order valence-corrected chi connectivity index (χ0v) is 10.2. The summed E-state index contributed by atoms with van der Waals surface area (Å²) in [7, 11) is 0. The Morgan fingerprint density at radius 3 is 3.00 bits per heavy atom. The van der Waals surface area contributed by atoms with E-state index in [0.29, 0.717) is 10.7 Å². The fourth-order valence-electron chi connectivity index (χ4n) is 1.51. The van der Waals surface area contributed by atoms with E-state index in [1.165, 1.54) is 0 Å². The first-order chi connectivity index (χ1) is 8.16. The van der Waals surface area contributed by atoms with Crippen molar-refractivity contribution in [3.63, 3.8) is 0 Å². The summed E-state index contributed by atoms with van der Waals surface area (Å²) < 4.78 is 5.32. The number of hydrogen-bond donors (Lipinski definition) is 2. The molecule has 0 bridgehead atoms. The van der Waals surface area contributed by atoms with Gasteiger partial charge in [-0.05, 0) is 31.2 Å². The summed E-state index contributed by atoms with van der Waals surface area (Å²) in [5, 5.41) is 3.29. The average molecular weight is 247 g/mol. The van der Waals surface area contributed by atoms with Gasteiger partial charge in [-0.15, -0.1) is 0 Å². The van der Waals surface area contributed by atoms with Crippen LogP contribution in [0.4, 0.5) is 5.69 Å². The number of pyridine rings is 1. The fraction of sp³-hybridized carbons (Fsp3) is 0.167. The number of furan rings is 1. The maximum Gasteiger partial charge on any atom is 0.125 e. The molecule has 1 atom stereocenters. The van der Waals surface area contributed by atoms with Crippen molar-refractivity contribution in [3.05, 3.63) is 48.2 Å². The summed E-state index contributed by atoms with van der Waals surface area (Å²) in [5.41, 5.74) is 7.05. The number of nitrogens with two attached hydrogens (primary N) is 1. The van der Waals surface area contributed by atoms with Crippen LogP contribution < -0.4 is 11.1 Å². The molecule has 0 fully saturated rings. The van der Waals surface area contributed by atoms with Crippen LogP contribution in [-0.4, -0.2) is 9.97 Å². The summed E-state index contributed by atoms with van der Waals surface area (Å²) in [6.45, 7) is 2.01. The standard InChI is InChI=1S/C12H13N3OS/c1-8(11-3-2-6-16-11)15-9-4-5-14-10(7-9)12(13)17/h2-8H,1H3,(H2,13,17)(H,14,15). The van der Waals surface area contributed by atoms with Gasteiger partial charge in [0.05, 0.1) is 18.0 Å². The van der Waals surface area contributed by atoms with Crippen LogP contribution >= 0.6 is 12.2 Å². The topological polar surface area (TPSA) is 64.1 Å². The summed E-state index contributed by atoms with van der Waals surface area (Å²) in [6.07, 6.45) is 3.33. The number of nitrogens with zero attached hydrogens (tertiary/aromatic N) is 1. The molecular weight excluding hydrogens is 234 g/mol. The molecule has 2 aromatic heterocycles. The van der Waals surface area contributed by atoms with Crippen molar-refractivity contribution >= 4 is 22.9 Å². The van der Waals surface area contributed by atoms with Crippen molar-refractivity contribution in [1.29, 1.82) is 0 Å². The Kier molecular flexibility index (Phi) is 3.39. The minimum atomic E-state index is 0.0756. The van der Waals surface area contributed by atoms with E-state index >= 15 is 0 Å². The van der Waals surface area contributed by atoms with Gasteiger partial charge in [0, 0.05) is 11.9 Å². The van der Waals surface area contributed by atoms with Gasteiger partial charge in [-0.2, -0.15) is 0 Å². The summed E-state index contributed by atoms with van der Waals surface area (Å²) in [5.74, 6) is 0.874. The maximum absolute atomic E-state index is 5.53. The highest BCUT2D eigenvalue weighted by atomic mass is 32.1. The van der Waals surface area contributed by atoms with E-state index in [1.807, 2.05) is 31.2 Å². The van der Waals surface area contributed by atoms with Crippen LogP contribution in [0.25, 0.3) is 0 Å². The first-order valence-electron chi connectivity index (χ1n) is 5.22. The van der Waals surface area contributed by atoms with E-state index < -0.39 is 0 Å². The molecule has 0 aliphatic rings.